The van der Waals surface area contributed by atoms with Crippen LogP contribution in [0.4, 0.5) is 0 Å². The summed E-state index contributed by atoms with van der Waals surface area (Å²) in [5.74, 6) is 0.504. The van der Waals surface area contributed by atoms with E-state index in [1.165, 1.54) is 5.56 Å². The molecular weight excluding hydrogens is 247 g/mol. The zero-order valence-electron chi connectivity index (χ0n) is 11.7. The van der Waals surface area contributed by atoms with E-state index < -0.39 is 7.60 Å². The van der Waals surface area contributed by atoms with E-state index in [2.05, 4.69) is 26.0 Å². The Bertz CT molecular complexity index is 388. The molecule has 1 aromatic rings. The van der Waals surface area contributed by atoms with Crippen LogP contribution in [0.1, 0.15) is 44.7 Å². The lowest BCUT2D eigenvalue weighted by atomic mass is 10.0. The normalized spacial score (nSPS) is 12.1. The predicted molar refractivity (Wildman–Crippen MR) is 75.1 cm³/mol. The maximum absolute atomic E-state index is 12.4. The van der Waals surface area contributed by atoms with Crippen LogP contribution in [0.15, 0.2) is 24.3 Å². The number of rotatable bonds is 7. The van der Waals surface area contributed by atoms with Crippen molar-refractivity contribution >= 4 is 7.60 Å². The molecule has 0 aliphatic carbocycles. The van der Waals surface area contributed by atoms with Crippen LogP contribution in [0.2, 0.25) is 0 Å². The van der Waals surface area contributed by atoms with Gasteiger partial charge in [0.15, 0.2) is 0 Å². The highest BCUT2D eigenvalue weighted by molar-refractivity contribution is 7.53. The maximum atomic E-state index is 12.4. The second-order valence-electron chi connectivity index (χ2n) is 4.50. The van der Waals surface area contributed by atoms with Gasteiger partial charge in [-0.1, -0.05) is 38.1 Å². The first-order valence-electron chi connectivity index (χ1n) is 6.47. The summed E-state index contributed by atoms with van der Waals surface area (Å²) in [5, 5.41) is 0. The summed E-state index contributed by atoms with van der Waals surface area (Å²) in [5.41, 5.74) is 2.27. The highest BCUT2D eigenvalue weighted by Gasteiger charge is 2.23. The van der Waals surface area contributed by atoms with E-state index in [4.69, 9.17) is 9.05 Å². The molecule has 1 aromatic carbocycles. The summed E-state index contributed by atoms with van der Waals surface area (Å²) in [7, 11) is -2.98. The van der Waals surface area contributed by atoms with Crippen LogP contribution < -0.4 is 0 Å². The monoisotopic (exact) mass is 270 g/mol. The van der Waals surface area contributed by atoms with Gasteiger partial charge in [0, 0.05) is 0 Å². The Kier molecular flexibility index (Phi) is 6.07. The molecule has 0 heterocycles. The Hall–Kier alpha value is -0.630. The maximum Gasteiger partial charge on any atom is 0.335 e. The molecule has 0 saturated carbocycles. The minimum absolute atomic E-state index is 0.340. The van der Waals surface area contributed by atoms with Gasteiger partial charge in [0.25, 0.3) is 0 Å². The van der Waals surface area contributed by atoms with E-state index in [0.29, 0.717) is 25.3 Å². The Labute approximate surface area is 110 Å². The highest BCUT2D eigenvalue weighted by Crippen LogP contribution is 2.51. The predicted octanol–water partition coefficient (Wildman–Crippen LogP) is 4.58. The minimum atomic E-state index is -2.98. The lowest BCUT2D eigenvalue weighted by Gasteiger charge is -2.17. The van der Waals surface area contributed by atoms with Crippen molar-refractivity contribution in [1.82, 2.24) is 0 Å². The first kappa shape index (κ1) is 15.4. The van der Waals surface area contributed by atoms with Gasteiger partial charge < -0.3 is 9.05 Å². The van der Waals surface area contributed by atoms with Gasteiger partial charge in [-0.3, -0.25) is 4.57 Å². The summed E-state index contributed by atoms with van der Waals surface area (Å²) in [6.07, 6.45) is 0.340. The van der Waals surface area contributed by atoms with E-state index in [1.54, 1.807) is 0 Å². The Morgan fingerprint density at radius 3 is 1.94 bits per heavy atom. The third-order valence-corrected chi connectivity index (χ3v) is 4.73. The van der Waals surface area contributed by atoms with Crippen molar-refractivity contribution in [1.29, 1.82) is 0 Å². The van der Waals surface area contributed by atoms with E-state index in [0.717, 1.165) is 5.56 Å². The second kappa shape index (κ2) is 7.08. The van der Waals surface area contributed by atoms with Crippen LogP contribution >= 0.6 is 7.60 Å². The number of benzene rings is 1. The fourth-order valence-corrected chi connectivity index (χ4v) is 3.46. The molecule has 18 heavy (non-hydrogen) atoms. The Morgan fingerprint density at radius 1 is 1.06 bits per heavy atom. The molecule has 4 heteroatoms. The van der Waals surface area contributed by atoms with Crippen molar-refractivity contribution in [3.63, 3.8) is 0 Å². The van der Waals surface area contributed by atoms with Crippen molar-refractivity contribution in [3.8, 4) is 0 Å². The van der Waals surface area contributed by atoms with Crippen LogP contribution in [0.3, 0.4) is 0 Å². The molecule has 0 aliphatic rings. The van der Waals surface area contributed by atoms with E-state index >= 15 is 0 Å². The van der Waals surface area contributed by atoms with Gasteiger partial charge >= 0.3 is 7.60 Å². The zero-order valence-corrected chi connectivity index (χ0v) is 12.6. The van der Waals surface area contributed by atoms with Gasteiger partial charge in [-0.15, -0.1) is 0 Å². The third-order valence-electron chi connectivity index (χ3n) is 2.67. The largest absolute Gasteiger partial charge is 0.335 e. The Morgan fingerprint density at radius 2 is 1.56 bits per heavy atom. The van der Waals surface area contributed by atoms with E-state index in [1.807, 2.05) is 26.0 Å². The molecule has 0 saturated heterocycles. The standard InChI is InChI=1S/C14H23O3P/c1-5-16-18(15,17-6-2)11-13-7-9-14(10-8-13)12(3)4/h7-10,12H,5-6,11H2,1-4H3. The van der Waals surface area contributed by atoms with Crippen LogP contribution in [-0.2, 0) is 19.8 Å². The summed E-state index contributed by atoms with van der Waals surface area (Å²) >= 11 is 0. The van der Waals surface area contributed by atoms with Gasteiger partial charge in [-0.2, -0.15) is 0 Å². The average Bonchev–Trinajstić information content (AvgIpc) is 2.30. The van der Waals surface area contributed by atoms with Gasteiger partial charge in [0.1, 0.15) is 0 Å². The van der Waals surface area contributed by atoms with Crippen LogP contribution in [-0.4, -0.2) is 13.2 Å². The summed E-state index contributed by atoms with van der Waals surface area (Å²) < 4.78 is 22.9. The first-order valence-corrected chi connectivity index (χ1v) is 8.20. The van der Waals surface area contributed by atoms with Crippen molar-refractivity contribution in [2.75, 3.05) is 13.2 Å². The molecule has 0 atom stereocenters. The molecule has 1 rings (SSSR count). The fourth-order valence-electron chi connectivity index (χ4n) is 1.75. The third kappa shape index (κ3) is 4.56. The molecule has 0 bridgehead atoms. The lowest BCUT2D eigenvalue weighted by Crippen LogP contribution is -1.99. The summed E-state index contributed by atoms with van der Waals surface area (Å²) in [6, 6.07) is 8.14. The smallest absolute Gasteiger partial charge is 0.309 e. The van der Waals surface area contributed by atoms with Crippen molar-refractivity contribution in [2.45, 2.75) is 39.8 Å². The van der Waals surface area contributed by atoms with Crippen molar-refractivity contribution < 1.29 is 13.6 Å². The van der Waals surface area contributed by atoms with Crippen LogP contribution in [0.25, 0.3) is 0 Å². The van der Waals surface area contributed by atoms with E-state index in [9.17, 15) is 4.57 Å². The van der Waals surface area contributed by atoms with E-state index in [-0.39, 0.29) is 0 Å². The zero-order chi connectivity index (χ0) is 13.6. The van der Waals surface area contributed by atoms with Crippen molar-refractivity contribution in [2.24, 2.45) is 0 Å². The average molecular weight is 270 g/mol. The molecule has 0 amide bonds. The van der Waals surface area contributed by atoms with Crippen molar-refractivity contribution in [3.05, 3.63) is 35.4 Å². The lowest BCUT2D eigenvalue weighted by molar-refractivity contribution is 0.219. The molecule has 102 valence electrons. The molecular formula is C14H23O3P. The summed E-state index contributed by atoms with van der Waals surface area (Å²) in [6.45, 7) is 8.77. The van der Waals surface area contributed by atoms with Gasteiger partial charge in [0.2, 0.25) is 0 Å². The van der Waals surface area contributed by atoms with Gasteiger partial charge in [-0.25, -0.2) is 0 Å². The minimum Gasteiger partial charge on any atom is -0.309 e. The molecule has 0 aliphatic heterocycles. The Balaban J connectivity index is 2.78. The van der Waals surface area contributed by atoms with Gasteiger partial charge in [-0.05, 0) is 30.9 Å². The summed E-state index contributed by atoms with van der Waals surface area (Å²) in [4.78, 5) is 0. The van der Waals surface area contributed by atoms with Crippen LogP contribution in [0.5, 0.6) is 0 Å². The molecule has 0 N–H and O–H groups in total. The first-order chi connectivity index (χ1) is 8.50. The fraction of sp³-hybridized carbons (Fsp3) is 0.571. The topological polar surface area (TPSA) is 35.5 Å². The molecule has 0 spiro atoms. The molecule has 0 aromatic heterocycles. The number of hydrogen-bond acceptors (Lipinski definition) is 3. The van der Waals surface area contributed by atoms with Crippen LogP contribution in [0, 0.1) is 0 Å². The molecule has 0 radical (unpaired) electrons. The quantitative estimate of drug-likeness (QED) is 0.680. The molecule has 0 fully saturated rings. The SMILES string of the molecule is CCOP(=O)(Cc1ccc(C(C)C)cc1)OCC. The molecule has 0 unspecified atom stereocenters. The number of hydrogen-bond donors (Lipinski definition) is 0. The highest BCUT2D eigenvalue weighted by atomic mass is 31.2. The van der Waals surface area contributed by atoms with Gasteiger partial charge in [0.05, 0.1) is 19.4 Å². The molecule has 3 nitrogen and oxygen atoms in total. The second-order valence-corrected chi connectivity index (χ2v) is 6.56.